The highest BCUT2D eigenvalue weighted by atomic mass is 16.5. The van der Waals surface area contributed by atoms with E-state index in [1.54, 1.807) is 0 Å². The van der Waals surface area contributed by atoms with E-state index in [0.29, 0.717) is 5.56 Å². The Bertz CT molecular complexity index is 1130. The zero-order valence-corrected chi connectivity index (χ0v) is 16.5. The van der Waals surface area contributed by atoms with Gasteiger partial charge in [-0.05, 0) is 6.07 Å². The van der Waals surface area contributed by atoms with Crippen molar-refractivity contribution in [3.05, 3.63) is 28.4 Å². The number of benzene rings is 2. The summed E-state index contributed by atoms with van der Waals surface area (Å²) in [4.78, 5) is 13.1. The fraction of sp³-hybridized carbons (Fsp3) is 0.250. The minimum atomic E-state index is -0.628. The molecule has 9 heteroatoms. The Morgan fingerprint density at radius 2 is 1.38 bits per heavy atom. The topological polar surface area (TPSA) is 117 Å². The van der Waals surface area contributed by atoms with Crippen LogP contribution in [0.1, 0.15) is 0 Å². The summed E-state index contributed by atoms with van der Waals surface area (Å²) in [6.07, 6.45) is 0. The Kier molecular flexibility index (Phi) is 5.31. The average molecular weight is 404 g/mol. The number of phenols is 2. The Balaban J connectivity index is 2.46. The van der Waals surface area contributed by atoms with Crippen LogP contribution in [0.4, 0.5) is 0 Å². The maximum absolute atomic E-state index is 13.1. The van der Waals surface area contributed by atoms with Gasteiger partial charge in [-0.2, -0.15) is 0 Å². The second-order valence-electron chi connectivity index (χ2n) is 5.85. The first-order chi connectivity index (χ1) is 13.9. The summed E-state index contributed by atoms with van der Waals surface area (Å²) in [7, 11) is 6.80. The molecule has 2 N–H and O–H groups in total. The summed E-state index contributed by atoms with van der Waals surface area (Å²) in [6, 6.07) is 4.19. The molecule has 0 aliphatic heterocycles. The van der Waals surface area contributed by atoms with Gasteiger partial charge in [0.15, 0.2) is 28.8 Å². The lowest BCUT2D eigenvalue weighted by molar-refractivity contribution is 0.334. The fourth-order valence-electron chi connectivity index (χ4n) is 3.05. The number of ether oxygens (including phenoxy) is 5. The molecule has 0 bridgehead atoms. The summed E-state index contributed by atoms with van der Waals surface area (Å²) in [5.41, 5.74) is -0.293. The molecule has 0 saturated heterocycles. The van der Waals surface area contributed by atoms with Gasteiger partial charge in [0.05, 0.1) is 41.1 Å². The van der Waals surface area contributed by atoms with Crippen molar-refractivity contribution in [3.8, 4) is 51.6 Å². The number of phenolic OH excluding ortho intramolecular Hbond substituents is 2. The van der Waals surface area contributed by atoms with Crippen LogP contribution in [0.25, 0.3) is 22.3 Å². The van der Waals surface area contributed by atoms with Gasteiger partial charge in [0, 0.05) is 12.1 Å². The molecular formula is C20H20O9. The largest absolute Gasteiger partial charge is 0.504 e. The zero-order chi connectivity index (χ0) is 21.3. The van der Waals surface area contributed by atoms with E-state index in [2.05, 4.69) is 0 Å². The predicted molar refractivity (Wildman–Crippen MR) is 104 cm³/mol. The molecule has 1 heterocycles. The molecule has 0 aliphatic rings. The molecule has 3 aromatic rings. The smallest absolute Gasteiger partial charge is 0.239 e. The van der Waals surface area contributed by atoms with E-state index in [1.807, 2.05) is 0 Å². The molecule has 0 amide bonds. The number of aromatic hydroxyl groups is 2. The van der Waals surface area contributed by atoms with Gasteiger partial charge < -0.3 is 38.3 Å². The highest BCUT2D eigenvalue weighted by molar-refractivity contribution is 5.92. The van der Waals surface area contributed by atoms with Crippen LogP contribution >= 0.6 is 0 Å². The Labute approximate surface area is 165 Å². The van der Waals surface area contributed by atoms with Crippen LogP contribution in [0.3, 0.4) is 0 Å². The molecule has 154 valence electrons. The number of fused-ring (bicyclic) bond motifs is 1. The van der Waals surface area contributed by atoms with Crippen molar-refractivity contribution in [2.24, 2.45) is 0 Å². The normalized spacial score (nSPS) is 10.7. The van der Waals surface area contributed by atoms with E-state index >= 15 is 0 Å². The first-order valence-corrected chi connectivity index (χ1v) is 8.35. The Morgan fingerprint density at radius 3 is 1.93 bits per heavy atom. The van der Waals surface area contributed by atoms with Gasteiger partial charge in [0.25, 0.3) is 0 Å². The molecule has 3 rings (SSSR count). The van der Waals surface area contributed by atoms with Crippen LogP contribution in [0.15, 0.2) is 27.4 Å². The summed E-state index contributed by atoms with van der Waals surface area (Å²) in [5, 5.41) is 20.4. The van der Waals surface area contributed by atoms with Gasteiger partial charge in [-0.1, -0.05) is 0 Å². The van der Waals surface area contributed by atoms with Gasteiger partial charge in [0.1, 0.15) is 16.7 Å². The molecule has 0 atom stereocenters. The van der Waals surface area contributed by atoms with Crippen LogP contribution in [-0.4, -0.2) is 45.8 Å². The van der Waals surface area contributed by atoms with E-state index in [1.165, 1.54) is 53.7 Å². The van der Waals surface area contributed by atoms with E-state index < -0.39 is 11.2 Å². The van der Waals surface area contributed by atoms with Gasteiger partial charge in [-0.25, -0.2) is 0 Å². The lowest BCUT2D eigenvalue weighted by Crippen LogP contribution is -2.09. The quantitative estimate of drug-likeness (QED) is 0.639. The van der Waals surface area contributed by atoms with Gasteiger partial charge >= 0.3 is 0 Å². The standard InChI is InChI=1S/C20H20O9/c1-24-11-7-10(21)12(25-2)6-9(11)18-20(28-5)17(23)15-13(29-18)8-14(26-3)19(27-4)16(15)22/h6-8,21-22H,1-5H3. The van der Waals surface area contributed by atoms with Crippen LogP contribution in [0, 0.1) is 0 Å². The Hall–Kier alpha value is -3.75. The van der Waals surface area contributed by atoms with E-state index in [9.17, 15) is 15.0 Å². The van der Waals surface area contributed by atoms with Crippen molar-refractivity contribution >= 4 is 11.0 Å². The van der Waals surface area contributed by atoms with Crippen molar-refractivity contribution in [1.29, 1.82) is 0 Å². The van der Waals surface area contributed by atoms with Crippen molar-refractivity contribution < 1.29 is 38.3 Å². The molecule has 9 nitrogen and oxygen atoms in total. The third-order valence-electron chi connectivity index (χ3n) is 4.41. The average Bonchev–Trinajstić information content (AvgIpc) is 2.72. The number of hydrogen-bond acceptors (Lipinski definition) is 9. The lowest BCUT2D eigenvalue weighted by Gasteiger charge is -2.16. The van der Waals surface area contributed by atoms with Gasteiger partial charge in [-0.3, -0.25) is 4.79 Å². The number of hydrogen-bond donors (Lipinski definition) is 2. The van der Waals surface area contributed by atoms with E-state index in [0.717, 1.165) is 0 Å². The van der Waals surface area contributed by atoms with Crippen molar-refractivity contribution in [1.82, 2.24) is 0 Å². The number of methoxy groups -OCH3 is 5. The molecule has 0 aliphatic carbocycles. The minimum Gasteiger partial charge on any atom is -0.504 e. The van der Waals surface area contributed by atoms with Gasteiger partial charge in [0.2, 0.25) is 16.9 Å². The minimum absolute atomic E-state index is 0.00835. The third kappa shape index (κ3) is 3.10. The molecule has 0 spiro atoms. The molecule has 0 saturated carbocycles. The summed E-state index contributed by atoms with van der Waals surface area (Å²) < 4.78 is 32.0. The second-order valence-corrected chi connectivity index (χ2v) is 5.85. The molecule has 2 aromatic carbocycles. The maximum Gasteiger partial charge on any atom is 0.239 e. The van der Waals surface area contributed by atoms with E-state index in [4.69, 9.17) is 28.1 Å². The van der Waals surface area contributed by atoms with Crippen molar-refractivity contribution in [2.75, 3.05) is 35.5 Å². The first kappa shape index (κ1) is 20.0. The highest BCUT2D eigenvalue weighted by Crippen LogP contribution is 2.46. The first-order valence-electron chi connectivity index (χ1n) is 8.35. The predicted octanol–water partition coefficient (Wildman–Crippen LogP) is 2.91. The molecular weight excluding hydrogens is 384 g/mol. The summed E-state index contributed by atoms with van der Waals surface area (Å²) >= 11 is 0. The zero-order valence-electron chi connectivity index (χ0n) is 16.5. The molecule has 0 radical (unpaired) electrons. The summed E-state index contributed by atoms with van der Waals surface area (Å²) in [5.74, 6) is -0.222. The highest BCUT2D eigenvalue weighted by Gasteiger charge is 2.26. The second kappa shape index (κ2) is 7.70. The Morgan fingerprint density at radius 1 is 0.759 bits per heavy atom. The van der Waals surface area contributed by atoms with Crippen LogP contribution in [0.2, 0.25) is 0 Å². The summed E-state index contributed by atoms with van der Waals surface area (Å²) in [6.45, 7) is 0. The molecule has 29 heavy (non-hydrogen) atoms. The SMILES string of the molecule is COc1cc(-c2oc3cc(OC)c(OC)c(O)c3c(=O)c2OC)c(OC)cc1O. The van der Waals surface area contributed by atoms with Crippen LogP contribution < -0.4 is 29.1 Å². The molecule has 1 aromatic heterocycles. The maximum atomic E-state index is 13.1. The monoisotopic (exact) mass is 404 g/mol. The fourth-order valence-corrected chi connectivity index (χ4v) is 3.05. The van der Waals surface area contributed by atoms with Crippen LogP contribution in [-0.2, 0) is 0 Å². The third-order valence-corrected chi connectivity index (χ3v) is 4.41. The van der Waals surface area contributed by atoms with Crippen LogP contribution in [0.5, 0.6) is 40.2 Å². The van der Waals surface area contributed by atoms with Gasteiger partial charge in [-0.15, -0.1) is 0 Å². The van der Waals surface area contributed by atoms with Crippen molar-refractivity contribution in [2.45, 2.75) is 0 Å². The number of rotatable bonds is 6. The van der Waals surface area contributed by atoms with E-state index in [-0.39, 0.29) is 51.2 Å². The molecule has 0 fully saturated rings. The van der Waals surface area contributed by atoms with Crippen molar-refractivity contribution in [3.63, 3.8) is 0 Å². The lowest BCUT2D eigenvalue weighted by atomic mass is 10.1. The molecule has 0 unspecified atom stereocenters.